The molecule has 0 spiro atoms. The van der Waals surface area contributed by atoms with Crippen LogP contribution >= 0.6 is 0 Å². The van der Waals surface area contributed by atoms with Gasteiger partial charge in [0.05, 0.1) is 12.1 Å². The number of rotatable bonds is 9. The van der Waals surface area contributed by atoms with Crippen molar-refractivity contribution in [2.45, 2.75) is 38.4 Å². The summed E-state index contributed by atoms with van der Waals surface area (Å²) in [5.41, 5.74) is 2.90. The van der Waals surface area contributed by atoms with Crippen LogP contribution in [0, 0.1) is 18.7 Å². The molecule has 3 unspecified atom stereocenters. The monoisotopic (exact) mass is 513 g/mol. The minimum atomic E-state index is -0.523. The summed E-state index contributed by atoms with van der Waals surface area (Å²) < 4.78 is 20.3. The minimum absolute atomic E-state index is 0.0368. The number of hydrogen-bond acceptors (Lipinski definition) is 6. The van der Waals surface area contributed by atoms with Crippen molar-refractivity contribution in [3.05, 3.63) is 102 Å². The van der Waals surface area contributed by atoms with Crippen molar-refractivity contribution in [2.24, 2.45) is 5.92 Å². The minimum Gasteiger partial charge on any atom is -0.457 e. The van der Waals surface area contributed by atoms with Gasteiger partial charge in [0.1, 0.15) is 36.5 Å². The Hall–Kier alpha value is -4.37. The average Bonchev–Trinajstić information content (AvgIpc) is 3.58. The summed E-state index contributed by atoms with van der Waals surface area (Å²) in [7, 11) is 0. The summed E-state index contributed by atoms with van der Waals surface area (Å²) in [4.78, 5) is 30.3. The number of amides is 1. The fourth-order valence-electron chi connectivity index (χ4n) is 4.67. The maximum absolute atomic E-state index is 13.2. The summed E-state index contributed by atoms with van der Waals surface area (Å²) in [6.07, 6.45) is 4.11. The van der Waals surface area contributed by atoms with E-state index in [9.17, 15) is 14.0 Å². The van der Waals surface area contributed by atoms with Crippen molar-refractivity contribution < 1.29 is 18.7 Å². The highest BCUT2D eigenvalue weighted by Crippen LogP contribution is 2.28. The molecule has 1 aliphatic heterocycles. The topological polar surface area (TPSA) is 98.1 Å². The Balaban J connectivity index is 1.24. The smallest absolute Gasteiger partial charge is 0.241 e. The molecule has 194 valence electrons. The van der Waals surface area contributed by atoms with E-state index in [-0.39, 0.29) is 30.0 Å². The molecule has 2 heterocycles. The van der Waals surface area contributed by atoms with Crippen molar-refractivity contribution >= 4 is 17.4 Å². The quantitative estimate of drug-likeness (QED) is 0.346. The molecule has 3 aromatic carbocycles. The van der Waals surface area contributed by atoms with Gasteiger partial charge in [0.2, 0.25) is 5.91 Å². The van der Waals surface area contributed by atoms with Crippen LogP contribution in [0.5, 0.6) is 11.5 Å². The van der Waals surface area contributed by atoms with Gasteiger partial charge in [-0.1, -0.05) is 29.8 Å². The number of ether oxygens (including phenoxy) is 1. The first kappa shape index (κ1) is 25.3. The molecule has 1 saturated heterocycles. The van der Waals surface area contributed by atoms with Crippen molar-refractivity contribution in [2.75, 3.05) is 5.32 Å². The fraction of sp³-hybridized carbons (Fsp3) is 0.241. The van der Waals surface area contributed by atoms with E-state index in [2.05, 4.69) is 45.0 Å². The molecule has 0 radical (unpaired) electrons. The number of halogens is 1. The Morgan fingerprint density at radius 1 is 1.03 bits per heavy atom. The van der Waals surface area contributed by atoms with Gasteiger partial charge in [-0.15, -0.1) is 0 Å². The Morgan fingerprint density at radius 3 is 2.37 bits per heavy atom. The third-order valence-corrected chi connectivity index (χ3v) is 6.63. The maximum atomic E-state index is 13.2. The molecule has 1 aromatic heterocycles. The van der Waals surface area contributed by atoms with E-state index in [4.69, 9.17) is 4.74 Å². The lowest BCUT2D eigenvalue weighted by molar-refractivity contribution is -0.122. The Morgan fingerprint density at radius 2 is 1.71 bits per heavy atom. The second-order valence-corrected chi connectivity index (χ2v) is 9.51. The number of aromatic nitrogens is 3. The summed E-state index contributed by atoms with van der Waals surface area (Å²) in [6.45, 7) is 2.12. The zero-order valence-corrected chi connectivity index (χ0v) is 20.9. The standard InChI is InChI=1S/C29H28FN5O3/c1-19-2-4-20(5-3-19)14-21-15-26(34-28(21)27(36)16-35-18-31-17-32-35)29(37)33-23-8-12-25(13-9-23)38-24-10-6-22(30)7-11-24/h2-13,17-18,21,26,28,34H,14-16H2,1H3,(H,33,37). The van der Waals surface area contributed by atoms with Gasteiger partial charge >= 0.3 is 0 Å². The van der Waals surface area contributed by atoms with Crippen LogP contribution < -0.4 is 15.4 Å². The predicted molar refractivity (Wildman–Crippen MR) is 140 cm³/mol. The van der Waals surface area contributed by atoms with E-state index in [1.807, 2.05) is 6.92 Å². The number of ketones is 1. The van der Waals surface area contributed by atoms with E-state index < -0.39 is 12.1 Å². The highest BCUT2D eigenvalue weighted by Gasteiger charge is 2.40. The number of nitrogens with zero attached hydrogens (tertiary/aromatic N) is 3. The molecule has 38 heavy (non-hydrogen) atoms. The number of carbonyl (C=O) groups excluding carboxylic acids is 2. The number of Topliss-reactive ketones (excluding diaryl/α,β-unsaturated/α-hetero) is 1. The lowest BCUT2D eigenvalue weighted by Crippen LogP contribution is -2.44. The highest BCUT2D eigenvalue weighted by atomic mass is 19.1. The first-order valence-electron chi connectivity index (χ1n) is 12.4. The first-order chi connectivity index (χ1) is 18.4. The zero-order chi connectivity index (χ0) is 26.5. The Kier molecular flexibility index (Phi) is 7.55. The molecule has 4 aromatic rings. The predicted octanol–water partition coefficient (Wildman–Crippen LogP) is 4.32. The molecule has 0 bridgehead atoms. The largest absolute Gasteiger partial charge is 0.457 e. The zero-order valence-electron chi connectivity index (χ0n) is 20.9. The highest BCUT2D eigenvalue weighted by molar-refractivity contribution is 5.96. The molecule has 0 aliphatic carbocycles. The van der Waals surface area contributed by atoms with Crippen LogP contribution in [0.1, 0.15) is 17.5 Å². The van der Waals surface area contributed by atoms with Crippen LogP contribution in [0.4, 0.5) is 10.1 Å². The van der Waals surface area contributed by atoms with Crippen LogP contribution in [0.15, 0.2) is 85.5 Å². The van der Waals surface area contributed by atoms with Crippen molar-refractivity contribution in [3.63, 3.8) is 0 Å². The molecule has 0 saturated carbocycles. The van der Waals surface area contributed by atoms with Crippen LogP contribution in [-0.4, -0.2) is 38.5 Å². The Bertz CT molecular complexity index is 1370. The molecule has 1 fully saturated rings. The van der Waals surface area contributed by atoms with Crippen molar-refractivity contribution in [3.8, 4) is 11.5 Å². The molecule has 2 N–H and O–H groups in total. The van der Waals surface area contributed by atoms with Gasteiger partial charge in [0.15, 0.2) is 5.78 Å². The normalized spacial score (nSPS) is 18.7. The van der Waals surface area contributed by atoms with Crippen LogP contribution in [0.3, 0.4) is 0 Å². The number of anilines is 1. The molecular weight excluding hydrogens is 485 g/mol. The summed E-state index contributed by atoms with van der Waals surface area (Å²) in [6, 6.07) is 19.9. The SMILES string of the molecule is Cc1ccc(CC2CC(C(=O)Nc3ccc(Oc4ccc(F)cc4)cc3)NC2C(=O)Cn2cncn2)cc1. The van der Waals surface area contributed by atoms with Crippen LogP contribution in [0.25, 0.3) is 0 Å². The lowest BCUT2D eigenvalue weighted by Gasteiger charge is -2.18. The molecule has 3 atom stereocenters. The van der Waals surface area contributed by atoms with Gasteiger partial charge in [-0.3, -0.25) is 14.9 Å². The summed E-state index contributed by atoms with van der Waals surface area (Å²) >= 11 is 0. The van der Waals surface area contributed by atoms with Crippen molar-refractivity contribution in [1.82, 2.24) is 20.1 Å². The van der Waals surface area contributed by atoms with Gasteiger partial charge < -0.3 is 10.1 Å². The average molecular weight is 514 g/mol. The second-order valence-electron chi connectivity index (χ2n) is 9.51. The molecule has 8 nitrogen and oxygen atoms in total. The van der Waals surface area contributed by atoms with Gasteiger partial charge in [0, 0.05) is 5.69 Å². The number of hydrogen-bond donors (Lipinski definition) is 2. The van der Waals surface area contributed by atoms with E-state index in [0.717, 1.165) is 5.56 Å². The van der Waals surface area contributed by atoms with Gasteiger partial charge in [-0.25, -0.2) is 14.1 Å². The van der Waals surface area contributed by atoms with Gasteiger partial charge in [0.25, 0.3) is 0 Å². The van der Waals surface area contributed by atoms with Gasteiger partial charge in [-0.2, -0.15) is 5.10 Å². The van der Waals surface area contributed by atoms with Gasteiger partial charge in [-0.05, 0) is 79.8 Å². The van der Waals surface area contributed by atoms with Crippen LogP contribution in [0.2, 0.25) is 0 Å². The van der Waals surface area contributed by atoms with E-state index in [1.54, 1.807) is 36.4 Å². The lowest BCUT2D eigenvalue weighted by atomic mass is 9.89. The van der Waals surface area contributed by atoms with E-state index in [0.29, 0.717) is 30.0 Å². The summed E-state index contributed by atoms with van der Waals surface area (Å²) in [5, 5.41) is 10.3. The van der Waals surface area contributed by atoms with Crippen LogP contribution in [-0.2, 0) is 22.6 Å². The molecule has 5 rings (SSSR count). The number of nitrogens with one attached hydrogen (secondary N) is 2. The van der Waals surface area contributed by atoms with E-state index in [1.165, 1.54) is 35.0 Å². The molecule has 9 heteroatoms. The number of aryl methyl sites for hydroxylation is 1. The first-order valence-corrected chi connectivity index (χ1v) is 12.4. The fourth-order valence-corrected chi connectivity index (χ4v) is 4.67. The summed E-state index contributed by atoms with van der Waals surface area (Å²) in [5.74, 6) is 0.452. The third-order valence-electron chi connectivity index (χ3n) is 6.63. The second kappa shape index (κ2) is 11.4. The number of carbonyl (C=O) groups is 2. The number of benzene rings is 3. The maximum Gasteiger partial charge on any atom is 0.241 e. The van der Waals surface area contributed by atoms with Crippen molar-refractivity contribution in [1.29, 1.82) is 0 Å². The molecule has 1 amide bonds. The Labute approximate surface area is 219 Å². The van der Waals surface area contributed by atoms with E-state index >= 15 is 0 Å². The molecular formula is C29H28FN5O3. The molecule has 1 aliphatic rings. The third kappa shape index (κ3) is 6.30.